The lowest BCUT2D eigenvalue weighted by Crippen LogP contribution is -2.38. The molecule has 0 saturated heterocycles. The molecule has 18 heavy (non-hydrogen) atoms. The van der Waals surface area contributed by atoms with E-state index in [4.69, 9.17) is 0 Å². The predicted octanol–water partition coefficient (Wildman–Crippen LogP) is 1.20. The predicted molar refractivity (Wildman–Crippen MR) is 66.2 cm³/mol. The number of hydrogen-bond donors (Lipinski definition) is 0. The molecule has 2 rings (SSSR count). The number of aromatic nitrogens is 2. The second-order valence-corrected chi connectivity index (χ2v) is 3.92. The maximum absolute atomic E-state index is 12.1. The standard InChI is InChI=1S/C13H13N3O2/c1-10(9-11-14-6-4-7-15-11)13(18)16-8-3-2-5-12(16)17/h2,4-7,9H,3,8H2,1H3/b10-9-. The molecule has 0 aromatic carbocycles. The van der Waals surface area contributed by atoms with E-state index in [1.165, 1.54) is 11.0 Å². The van der Waals surface area contributed by atoms with E-state index in [0.29, 0.717) is 24.4 Å². The van der Waals surface area contributed by atoms with Gasteiger partial charge in [0.15, 0.2) is 5.82 Å². The summed E-state index contributed by atoms with van der Waals surface area (Å²) in [6, 6.07) is 1.70. The van der Waals surface area contributed by atoms with Crippen molar-refractivity contribution in [3.63, 3.8) is 0 Å². The summed E-state index contributed by atoms with van der Waals surface area (Å²) in [5.74, 6) is -0.104. The molecule has 1 aliphatic heterocycles. The van der Waals surface area contributed by atoms with Crippen LogP contribution >= 0.6 is 0 Å². The quantitative estimate of drug-likeness (QED) is 0.732. The van der Waals surface area contributed by atoms with Gasteiger partial charge in [-0.1, -0.05) is 6.08 Å². The molecule has 0 N–H and O–H groups in total. The number of carbonyl (C=O) groups is 2. The van der Waals surface area contributed by atoms with Gasteiger partial charge in [0, 0.05) is 24.5 Å². The zero-order chi connectivity index (χ0) is 13.0. The maximum atomic E-state index is 12.1. The smallest absolute Gasteiger partial charge is 0.256 e. The Labute approximate surface area is 105 Å². The van der Waals surface area contributed by atoms with Crippen molar-refractivity contribution in [1.82, 2.24) is 14.9 Å². The van der Waals surface area contributed by atoms with E-state index in [0.717, 1.165) is 0 Å². The summed E-state index contributed by atoms with van der Waals surface area (Å²) in [4.78, 5) is 32.9. The summed E-state index contributed by atoms with van der Waals surface area (Å²) >= 11 is 0. The topological polar surface area (TPSA) is 63.2 Å². The summed E-state index contributed by atoms with van der Waals surface area (Å²) in [6.07, 6.45) is 8.68. The van der Waals surface area contributed by atoms with E-state index in [1.807, 2.05) is 0 Å². The third-order valence-electron chi connectivity index (χ3n) is 2.56. The van der Waals surface area contributed by atoms with E-state index < -0.39 is 0 Å². The van der Waals surface area contributed by atoms with Gasteiger partial charge in [-0.2, -0.15) is 0 Å². The highest BCUT2D eigenvalue weighted by Crippen LogP contribution is 2.10. The van der Waals surface area contributed by atoms with Gasteiger partial charge in [0.05, 0.1) is 0 Å². The first kappa shape index (κ1) is 12.2. The largest absolute Gasteiger partial charge is 0.275 e. The minimum Gasteiger partial charge on any atom is -0.275 e. The average Bonchev–Trinajstić information content (AvgIpc) is 2.39. The van der Waals surface area contributed by atoms with Crippen molar-refractivity contribution in [3.05, 3.63) is 42.0 Å². The lowest BCUT2D eigenvalue weighted by molar-refractivity contribution is -0.139. The fourth-order valence-electron chi connectivity index (χ4n) is 1.64. The number of carbonyl (C=O) groups excluding carboxylic acids is 2. The number of rotatable bonds is 2. The Morgan fingerprint density at radius 3 is 2.78 bits per heavy atom. The lowest BCUT2D eigenvalue weighted by Gasteiger charge is -2.21. The monoisotopic (exact) mass is 243 g/mol. The molecule has 0 unspecified atom stereocenters. The minimum atomic E-state index is -0.295. The van der Waals surface area contributed by atoms with Crippen LogP contribution in [0.4, 0.5) is 0 Å². The van der Waals surface area contributed by atoms with Gasteiger partial charge in [0.2, 0.25) is 0 Å². The molecule has 0 bridgehead atoms. The van der Waals surface area contributed by atoms with Gasteiger partial charge in [-0.15, -0.1) is 0 Å². The highest BCUT2D eigenvalue weighted by atomic mass is 16.2. The van der Waals surface area contributed by atoms with Gasteiger partial charge < -0.3 is 0 Å². The molecular weight excluding hydrogens is 230 g/mol. The molecule has 0 radical (unpaired) electrons. The Balaban J connectivity index is 2.16. The third kappa shape index (κ3) is 2.68. The van der Waals surface area contributed by atoms with Gasteiger partial charge in [-0.3, -0.25) is 14.5 Å². The van der Waals surface area contributed by atoms with Gasteiger partial charge in [-0.05, 0) is 31.6 Å². The highest BCUT2D eigenvalue weighted by molar-refractivity contribution is 6.09. The molecule has 1 aromatic rings. The van der Waals surface area contributed by atoms with Crippen LogP contribution in [0.1, 0.15) is 19.2 Å². The van der Waals surface area contributed by atoms with Gasteiger partial charge >= 0.3 is 0 Å². The van der Waals surface area contributed by atoms with Crippen LogP contribution in [0.3, 0.4) is 0 Å². The van der Waals surface area contributed by atoms with E-state index in [1.54, 1.807) is 37.5 Å². The summed E-state index contributed by atoms with van der Waals surface area (Å²) in [5, 5.41) is 0. The molecule has 1 aromatic heterocycles. The Bertz CT molecular complexity index is 520. The van der Waals surface area contributed by atoms with Crippen LogP contribution in [0.15, 0.2) is 36.2 Å². The average molecular weight is 243 g/mol. The molecule has 0 fully saturated rings. The lowest BCUT2D eigenvalue weighted by atomic mass is 10.2. The summed E-state index contributed by atoms with van der Waals surface area (Å²) < 4.78 is 0. The van der Waals surface area contributed by atoms with Crippen LogP contribution in [-0.4, -0.2) is 33.2 Å². The van der Waals surface area contributed by atoms with Gasteiger partial charge in [0.1, 0.15) is 0 Å². The van der Waals surface area contributed by atoms with E-state index >= 15 is 0 Å². The molecule has 0 saturated carbocycles. The Hall–Kier alpha value is -2.30. The van der Waals surface area contributed by atoms with E-state index in [2.05, 4.69) is 9.97 Å². The van der Waals surface area contributed by atoms with E-state index in [-0.39, 0.29) is 11.8 Å². The van der Waals surface area contributed by atoms with Crippen LogP contribution in [0, 0.1) is 0 Å². The molecule has 0 spiro atoms. The number of nitrogens with zero attached hydrogens (tertiary/aromatic N) is 3. The first-order valence-electron chi connectivity index (χ1n) is 5.66. The Kier molecular flexibility index (Phi) is 3.62. The maximum Gasteiger partial charge on any atom is 0.256 e. The zero-order valence-corrected chi connectivity index (χ0v) is 10.0. The third-order valence-corrected chi connectivity index (χ3v) is 2.56. The van der Waals surface area contributed by atoms with Crippen molar-refractivity contribution in [2.24, 2.45) is 0 Å². The van der Waals surface area contributed by atoms with Crippen LogP contribution in [0.2, 0.25) is 0 Å². The molecule has 92 valence electrons. The van der Waals surface area contributed by atoms with Crippen LogP contribution < -0.4 is 0 Å². The normalized spacial score (nSPS) is 15.9. The van der Waals surface area contributed by atoms with Crippen LogP contribution in [0.5, 0.6) is 0 Å². The molecule has 5 heteroatoms. The van der Waals surface area contributed by atoms with Crippen molar-refractivity contribution in [3.8, 4) is 0 Å². The van der Waals surface area contributed by atoms with Crippen LogP contribution in [0.25, 0.3) is 6.08 Å². The van der Waals surface area contributed by atoms with Crippen molar-refractivity contribution >= 4 is 17.9 Å². The molecule has 5 nitrogen and oxygen atoms in total. The summed E-state index contributed by atoms with van der Waals surface area (Å²) in [5.41, 5.74) is 0.449. The first-order valence-corrected chi connectivity index (χ1v) is 5.66. The molecule has 2 amide bonds. The van der Waals surface area contributed by atoms with Crippen LogP contribution in [-0.2, 0) is 9.59 Å². The van der Waals surface area contributed by atoms with Crippen molar-refractivity contribution < 1.29 is 9.59 Å². The fraction of sp³-hybridized carbons (Fsp3) is 0.231. The van der Waals surface area contributed by atoms with E-state index in [9.17, 15) is 9.59 Å². The first-order chi connectivity index (χ1) is 8.68. The second kappa shape index (κ2) is 5.35. The Morgan fingerprint density at radius 1 is 1.39 bits per heavy atom. The fourth-order valence-corrected chi connectivity index (χ4v) is 1.64. The molecule has 0 aliphatic carbocycles. The summed E-state index contributed by atoms with van der Waals surface area (Å²) in [7, 11) is 0. The number of imide groups is 1. The molecule has 2 heterocycles. The highest BCUT2D eigenvalue weighted by Gasteiger charge is 2.22. The molecule has 1 aliphatic rings. The molecule has 0 atom stereocenters. The SMILES string of the molecule is C/C(=C/c1ncccn1)C(=O)N1CCC=CC1=O. The van der Waals surface area contributed by atoms with Crippen molar-refractivity contribution in [1.29, 1.82) is 0 Å². The zero-order valence-electron chi connectivity index (χ0n) is 10.0. The molecular formula is C13H13N3O2. The summed E-state index contributed by atoms with van der Waals surface area (Å²) in [6.45, 7) is 2.08. The van der Waals surface area contributed by atoms with Gasteiger partial charge in [-0.25, -0.2) is 9.97 Å². The number of amides is 2. The Morgan fingerprint density at radius 2 is 2.11 bits per heavy atom. The van der Waals surface area contributed by atoms with Gasteiger partial charge in [0.25, 0.3) is 11.8 Å². The number of hydrogen-bond acceptors (Lipinski definition) is 4. The minimum absolute atomic E-state index is 0.270. The second-order valence-electron chi connectivity index (χ2n) is 3.92. The van der Waals surface area contributed by atoms with Crippen molar-refractivity contribution in [2.45, 2.75) is 13.3 Å². The van der Waals surface area contributed by atoms with Crippen molar-refractivity contribution in [2.75, 3.05) is 6.54 Å².